The zero-order valence-corrected chi connectivity index (χ0v) is 31.9. The summed E-state index contributed by atoms with van der Waals surface area (Å²) >= 11 is 0. The molecule has 0 heterocycles. The fraction of sp³-hybridized carbons (Fsp3) is 0.750. The van der Waals surface area contributed by atoms with E-state index in [1.165, 1.54) is 118 Å². The summed E-state index contributed by atoms with van der Waals surface area (Å²) < 4.78 is 0. The summed E-state index contributed by atoms with van der Waals surface area (Å²) in [5, 5.41) is 21.0. The molecule has 0 aliphatic heterocycles. The number of nitrogens with zero attached hydrogens (tertiary/aromatic N) is 2. The van der Waals surface area contributed by atoms with Crippen LogP contribution in [0.15, 0.2) is 30.4 Å². The van der Waals surface area contributed by atoms with Crippen molar-refractivity contribution in [2.45, 2.75) is 188 Å². The van der Waals surface area contributed by atoms with Crippen LogP contribution in [0.5, 0.6) is 0 Å². The second kappa shape index (κ2) is 29.1. The third-order valence-electron chi connectivity index (χ3n) is 10.1. The highest BCUT2D eigenvalue weighted by Gasteiger charge is 2.17. The Hall–Kier alpha value is -1.89. The van der Waals surface area contributed by atoms with Gasteiger partial charge in [-0.2, -0.15) is 5.26 Å². The normalized spacial score (nSPS) is 13.0. The molecule has 1 aromatic rings. The van der Waals surface area contributed by atoms with Gasteiger partial charge in [0.05, 0.1) is 18.1 Å². The van der Waals surface area contributed by atoms with Crippen molar-refractivity contribution in [1.82, 2.24) is 4.90 Å². The Morgan fingerprint density at radius 1 is 0.745 bits per heavy atom. The van der Waals surface area contributed by atoms with Gasteiger partial charge in [-0.1, -0.05) is 167 Å². The average Bonchev–Trinajstić information content (AvgIpc) is 3.07. The maximum Gasteiger partial charge on any atom is 0.0669 e. The van der Waals surface area contributed by atoms with Crippen molar-refractivity contribution in [2.24, 2.45) is 5.92 Å². The zero-order chi connectivity index (χ0) is 34.5. The SMILES string of the molecule is C=C(/C=C/c1cc(CC)c(C)c(CC)c1)CCCCN(CC(O)CCCCCCCCCC)CC(C#N)CCCCCCCCCC. The van der Waals surface area contributed by atoms with Crippen LogP contribution in [0.1, 0.15) is 185 Å². The molecule has 2 atom stereocenters. The minimum atomic E-state index is -0.300. The molecule has 2 unspecified atom stereocenters. The Labute approximate surface area is 293 Å². The molecule has 0 amide bonds. The topological polar surface area (TPSA) is 47.3 Å². The second-order valence-corrected chi connectivity index (χ2v) is 14.4. The van der Waals surface area contributed by atoms with Crippen LogP contribution in [0.25, 0.3) is 6.08 Å². The maximum atomic E-state index is 11.0. The number of aliphatic hydroxyl groups excluding tert-OH is 1. The van der Waals surface area contributed by atoms with Crippen LogP contribution in [0.3, 0.4) is 0 Å². The Morgan fingerprint density at radius 2 is 1.26 bits per heavy atom. The number of benzene rings is 1. The standard InChI is InChI=1S/C44H76N2O/c1-7-11-13-15-17-19-21-23-28-41(35-45)36-46(37-44(47)29-24-22-20-18-16-14-12-8-2)32-26-25-27-38(5)30-31-40-33-42(9-3)39(6)43(10-4)34-40/h30-31,33-34,41,44,47H,5,7-29,32,36-37H2,1-4,6H3/b31-30+. The molecular formula is C44H76N2O. The molecule has 0 aromatic heterocycles. The molecule has 3 heteroatoms. The third-order valence-corrected chi connectivity index (χ3v) is 10.1. The van der Waals surface area contributed by atoms with E-state index in [1.54, 1.807) is 0 Å². The van der Waals surface area contributed by atoms with E-state index in [0.717, 1.165) is 70.9 Å². The van der Waals surface area contributed by atoms with Crippen LogP contribution in [0.4, 0.5) is 0 Å². The highest BCUT2D eigenvalue weighted by Crippen LogP contribution is 2.21. The molecule has 0 saturated heterocycles. The fourth-order valence-corrected chi connectivity index (χ4v) is 6.88. The van der Waals surface area contributed by atoms with Crippen molar-refractivity contribution in [3.63, 3.8) is 0 Å². The highest BCUT2D eigenvalue weighted by atomic mass is 16.3. The number of nitriles is 1. The summed E-state index contributed by atoms with van der Waals surface area (Å²) in [7, 11) is 0. The van der Waals surface area contributed by atoms with E-state index >= 15 is 0 Å². The molecule has 0 aliphatic carbocycles. The largest absolute Gasteiger partial charge is 0.392 e. The van der Waals surface area contributed by atoms with Crippen LogP contribution < -0.4 is 0 Å². The predicted octanol–water partition coefficient (Wildman–Crippen LogP) is 12.7. The molecule has 0 aliphatic rings. The van der Waals surface area contributed by atoms with E-state index < -0.39 is 0 Å². The molecule has 1 N–H and O–H groups in total. The number of hydrogen-bond donors (Lipinski definition) is 1. The summed E-state index contributed by atoms with van der Waals surface area (Å²) in [4.78, 5) is 2.40. The zero-order valence-electron chi connectivity index (χ0n) is 31.9. The Bertz CT molecular complexity index is 964. The molecule has 0 fully saturated rings. The number of rotatable bonds is 31. The van der Waals surface area contributed by atoms with Crippen molar-refractivity contribution in [3.05, 3.63) is 52.6 Å². The van der Waals surface area contributed by atoms with Gasteiger partial charge in [0.1, 0.15) is 0 Å². The van der Waals surface area contributed by atoms with Gasteiger partial charge in [0, 0.05) is 13.1 Å². The lowest BCUT2D eigenvalue weighted by Crippen LogP contribution is -2.36. The van der Waals surface area contributed by atoms with Gasteiger partial charge in [-0.15, -0.1) is 0 Å². The minimum Gasteiger partial charge on any atom is -0.392 e. The van der Waals surface area contributed by atoms with Crippen LogP contribution in [-0.2, 0) is 12.8 Å². The number of hydrogen-bond acceptors (Lipinski definition) is 3. The van der Waals surface area contributed by atoms with E-state index in [0.29, 0.717) is 6.54 Å². The molecule has 3 nitrogen and oxygen atoms in total. The summed E-state index contributed by atoms with van der Waals surface area (Å²) in [5.41, 5.74) is 6.78. The van der Waals surface area contributed by atoms with E-state index in [9.17, 15) is 10.4 Å². The Kier molecular flexibility index (Phi) is 26.7. The van der Waals surface area contributed by atoms with E-state index in [2.05, 4.69) is 76.5 Å². The van der Waals surface area contributed by atoms with Gasteiger partial charge >= 0.3 is 0 Å². The summed E-state index contributed by atoms with van der Waals surface area (Å²) in [6.07, 6.45) is 32.0. The smallest absolute Gasteiger partial charge is 0.0669 e. The summed E-state index contributed by atoms with van der Waals surface area (Å²) in [6, 6.07) is 7.27. The number of allylic oxidation sites excluding steroid dienone is 2. The van der Waals surface area contributed by atoms with Gasteiger partial charge in [0.25, 0.3) is 0 Å². The minimum absolute atomic E-state index is 0.0545. The number of unbranched alkanes of at least 4 members (excludes halogenated alkanes) is 15. The molecule has 0 radical (unpaired) electrons. The highest BCUT2D eigenvalue weighted by molar-refractivity contribution is 5.56. The maximum absolute atomic E-state index is 11.0. The van der Waals surface area contributed by atoms with Crippen LogP contribution in [-0.4, -0.2) is 35.7 Å². The quantitative estimate of drug-likeness (QED) is 0.0644. The lowest BCUT2D eigenvalue weighted by molar-refractivity contribution is 0.0959. The van der Waals surface area contributed by atoms with Gasteiger partial charge in [0.2, 0.25) is 0 Å². The van der Waals surface area contributed by atoms with E-state index in [4.69, 9.17) is 0 Å². The monoisotopic (exact) mass is 649 g/mol. The molecule has 0 spiro atoms. The van der Waals surface area contributed by atoms with Gasteiger partial charge in [-0.3, -0.25) is 4.90 Å². The van der Waals surface area contributed by atoms with Gasteiger partial charge in [-0.25, -0.2) is 0 Å². The van der Waals surface area contributed by atoms with Crippen molar-refractivity contribution >= 4 is 6.08 Å². The van der Waals surface area contributed by atoms with Crippen molar-refractivity contribution in [1.29, 1.82) is 5.26 Å². The van der Waals surface area contributed by atoms with Crippen LogP contribution >= 0.6 is 0 Å². The van der Waals surface area contributed by atoms with Crippen molar-refractivity contribution < 1.29 is 5.11 Å². The van der Waals surface area contributed by atoms with E-state index in [-0.39, 0.29) is 12.0 Å². The van der Waals surface area contributed by atoms with Crippen LogP contribution in [0.2, 0.25) is 0 Å². The summed E-state index contributed by atoms with van der Waals surface area (Å²) in [6.45, 7) is 18.0. The van der Waals surface area contributed by atoms with Crippen LogP contribution in [0, 0.1) is 24.2 Å². The molecular weight excluding hydrogens is 572 g/mol. The molecule has 47 heavy (non-hydrogen) atoms. The molecule has 1 rings (SSSR count). The summed E-state index contributed by atoms with van der Waals surface area (Å²) in [5.74, 6) is 0.0545. The Balaban J connectivity index is 2.59. The molecule has 0 bridgehead atoms. The Morgan fingerprint density at radius 3 is 1.77 bits per heavy atom. The first-order valence-electron chi connectivity index (χ1n) is 20.2. The first-order valence-corrected chi connectivity index (χ1v) is 20.2. The predicted molar refractivity (Wildman–Crippen MR) is 208 cm³/mol. The van der Waals surface area contributed by atoms with E-state index in [1.807, 2.05) is 0 Å². The van der Waals surface area contributed by atoms with Gasteiger partial charge < -0.3 is 5.11 Å². The molecule has 1 aromatic carbocycles. The second-order valence-electron chi connectivity index (χ2n) is 14.4. The fourth-order valence-electron chi connectivity index (χ4n) is 6.88. The van der Waals surface area contributed by atoms with Gasteiger partial charge in [-0.05, 0) is 80.7 Å². The lowest BCUT2D eigenvalue weighted by atomic mass is 9.95. The number of aryl methyl sites for hydroxylation is 2. The third kappa shape index (κ3) is 21.6. The molecule has 268 valence electrons. The van der Waals surface area contributed by atoms with Gasteiger partial charge in [0.15, 0.2) is 0 Å². The van der Waals surface area contributed by atoms with Crippen molar-refractivity contribution in [2.75, 3.05) is 19.6 Å². The van der Waals surface area contributed by atoms with Crippen molar-refractivity contribution in [3.8, 4) is 6.07 Å². The first kappa shape index (κ1) is 43.1. The first-order chi connectivity index (χ1) is 22.9. The lowest BCUT2D eigenvalue weighted by Gasteiger charge is -2.27. The molecule has 0 saturated carbocycles. The number of aliphatic hydroxyl groups is 1. The average molecular weight is 649 g/mol.